The van der Waals surface area contributed by atoms with E-state index < -0.39 is 0 Å². The van der Waals surface area contributed by atoms with Crippen molar-refractivity contribution in [3.05, 3.63) is 23.8 Å². The molecular formula is C8H13Cl. The SMILES string of the molecule is C=C(CCCl)/C(C)=C\C. The van der Waals surface area contributed by atoms with Crippen molar-refractivity contribution in [2.45, 2.75) is 20.3 Å². The van der Waals surface area contributed by atoms with Gasteiger partial charge in [-0.1, -0.05) is 23.8 Å². The minimum Gasteiger partial charge on any atom is -0.126 e. The first-order valence-electron chi connectivity index (χ1n) is 3.09. The first-order chi connectivity index (χ1) is 4.22. The maximum absolute atomic E-state index is 5.51. The molecule has 0 spiro atoms. The van der Waals surface area contributed by atoms with Gasteiger partial charge in [0.15, 0.2) is 0 Å². The fraction of sp³-hybridized carbons (Fsp3) is 0.500. The summed E-state index contributed by atoms with van der Waals surface area (Å²) in [6.45, 7) is 7.92. The maximum Gasteiger partial charge on any atom is 0.0263 e. The predicted molar refractivity (Wildman–Crippen MR) is 43.9 cm³/mol. The van der Waals surface area contributed by atoms with Crippen LogP contribution in [0.1, 0.15) is 20.3 Å². The van der Waals surface area contributed by atoms with E-state index in [4.69, 9.17) is 11.6 Å². The van der Waals surface area contributed by atoms with E-state index >= 15 is 0 Å². The summed E-state index contributed by atoms with van der Waals surface area (Å²) in [6, 6.07) is 0. The normalized spacial score (nSPS) is 11.7. The van der Waals surface area contributed by atoms with Crippen LogP contribution in [-0.4, -0.2) is 5.88 Å². The molecular weight excluding hydrogens is 132 g/mol. The average Bonchev–Trinajstić information content (AvgIpc) is 1.87. The topological polar surface area (TPSA) is 0 Å². The van der Waals surface area contributed by atoms with E-state index in [1.54, 1.807) is 0 Å². The summed E-state index contributed by atoms with van der Waals surface area (Å²) in [4.78, 5) is 0. The van der Waals surface area contributed by atoms with Gasteiger partial charge in [-0.25, -0.2) is 0 Å². The van der Waals surface area contributed by atoms with Gasteiger partial charge in [0.1, 0.15) is 0 Å². The van der Waals surface area contributed by atoms with Gasteiger partial charge in [0, 0.05) is 5.88 Å². The first-order valence-corrected chi connectivity index (χ1v) is 3.62. The van der Waals surface area contributed by atoms with Crippen LogP contribution in [0.5, 0.6) is 0 Å². The lowest BCUT2D eigenvalue weighted by Gasteiger charge is -2.00. The van der Waals surface area contributed by atoms with Crippen LogP contribution in [0.3, 0.4) is 0 Å². The zero-order chi connectivity index (χ0) is 7.28. The number of hydrogen-bond donors (Lipinski definition) is 0. The molecule has 0 atom stereocenters. The molecule has 0 nitrogen and oxygen atoms in total. The van der Waals surface area contributed by atoms with Gasteiger partial charge in [-0.2, -0.15) is 0 Å². The molecule has 0 aromatic rings. The largest absolute Gasteiger partial charge is 0.126 e. The van der Waals surface area contributed by atoms with E-state index in [9.17, 15) is 0 Å². The summed E-state index contributed by atoms with van der Waals surface area (Å²) in [6.07, 6.45) is 2.95. The van der Waals surface area contributed by atoms with Gasteiger partial charge in [0.2, 0.25) is 0 Å². The molecule has 9 heavy (non-hydrogen) atoms. The summed E-state index contributed by atoms with van der Waals surface area (Å²) in [7, 11) is 0. The number of allylic oxidation sites excluding steroid dienone is 3. The monoisotopic (exact) mass is 144 g/mol. The van der Waals surface area contributed by atoms with Crippen LogP contribution < -0.4 is 0 Å². The van der Waals surface area contributed by atoms with Crippen molar-refractivity contribution >= 4 is 11.6 Å². The zero-order valence-corrected chi connectivity index (χ0v) is 6.83. The highest BCUT2D eigenvalue weighted by atomic mass is 35.5. The molecule has 52 valence electrons. The van der Waals surface area contributed by atoms with Gasteiger partial charge in [0.05, 0.1) is 0 Å². The molecule has 0 aliphatic heterocycles. The van der Waals surface area contributed by atoms with Gasteiger partial charge in [-0.05, 0) is 20.3 Å². The molecule has 0 radical (unpaired) electrons. The molecule has 0 aromatic heterocycles. The fourth-order valence-corrected chi connectivity index (χ4v) is 0.743. The van der Waals surface area contributed by atoms with Gasteiger partial charge in [-0.15, -0.1) is 11.6 Å². The van der Waals surface area contributed by atoms with Crippen molar-refractivity contribution in [2.75, 3.05) is 5.88 Å². The molecule has 0 fully saturated rings. The van der Waals surface area contributed by atoms with Crippen LogP contribution in [-0.2, 0) is 0 Å². The molecule has 0 unspecified atom stereocenters. The third kappa shape index (κ3) is 3.36. The van der Waals surface area contributed by atoms with Crippen molar-refractivity contribution in [1.82, 2.24) is 0 Å². The van der Waals surface area contributed by atoms with Gasteiger partial charge in [0.25, 0.3) is 0 Å². The van der Waals surface area contributed by atoms with Gasteiger partial charge in [-0.3, -0.25) is 0 Å². The summed E-state index contributed by atoms with van der Waals surface area (Å²) < 4.78 is 0. The molecule has 0 aliphatic rings. The predicted octanol–water partition coefficient (Wildman–Crippen LogP) is 3.14. The Balaban J connectivity index is 3.74. The molecule has 0 aromatic carbocycles. The van der Waals surface area contributed by atoms with Crippen LogP contribution >= 0.6 is 11.6 Å². The van der Waals surface area contributed by atoms with Crippen molar-refractivity contribution in [3.8, 4) is 0 Å². The Morgan fingerprint density at radius 2 is 2.22 bits per heavy atom. The third-order valence-electron chi connectivity index (χ3n) is 1.39. The van der Waals surface area contributed by atoms with Crippen LogP contribution in [0.15, 0.2) is 23.8 Å². The van der Waals surface area contributed by atoms with Gasteiger partial charge < -0.3 is 0 Å². The van der Waals surface area contributed by atoms with E-state index in [1.807, 2.05) is 6.92 Å². The Morgan fingerprint density at radius 3 is 2.56 bits per heavy atom. The molecule has 0 saturated carbocycles. The second-order valence-corrected chi connectivity index (χ2v) is 2.39. The Hall–Kier alpha value is -0.230. The quantitative estimate of drug-likeness (QED) is 0.422. The lowest BCUT2D eigenvalue weighted by atomic mass is 10.1. The zero-order valence-electron chi connectivity index (χ0n) is 6.08. The van der Waals surface area contributed by atoms with Crippen LogP contribution in [0.2, 0.25) is 0 Å². The van der Waals surface area contributed by atoms with Gasteiger partial charge >= 0.3 is 0 Å². The van der Waals surface area contributed by atoms with E-state index in [-0.39, 0.29) is 0 Å². The minimum absolute atomic E-state index is 0.671. The molecule has 0 N–H and O–H groups in total. The van der Waals surface area contributed by atoms with Crippen molar-refractivity contribution in [2.24, 2.45) is 0 Å². The molecule has 0 heterocycles. The lowest BCUT2D eigenvalue weighted by Crippen LogP contribution is -1.83. The smallest absolute Gasteiger partial charge is 0.0263 e. The summed E-state index contributed by atoms with van der Waals surface area (Å²) in [5.41, 5.74) is 2.39. The van der Waals surface area contributed by atoms with E-state index in [1.165, 1.54) is 5.57 Å². The summed E-state index contributed by atoms with van der Waals surface area (Å²) >= 11 is 5.51. The Morgan fingerprint density at radius 1 is 1.67 bits per heavy atom. The number of alkyl halides is 1. The highest BCUT2D eigenvalue weighted by molar-refractivity contribution is 6.18. The molecule has 0 bridgehead atoms. The van der Waals surface area contributed by atoms with Crippen LogP contribution in [0.25, 0.3) is 0 Å². The molecule has 0 rings (SSSR count). The molecule has 0 saturated heterocycles. The Bertz CT molecular complexity index is 123. The molecule has 0 aliphatic carbocycles. The number of hydrogen-bond acceptors (Lipinski definition) is 0. The highest BCUT2D eigenvalue weighted by Gasteiger charge is 1.92. The van der Waals surface area contributed by atoms with E-state index in [0.29, 0.717) is 5.88 Å². The van der Waals surface area contributed by atoms with Crippen molar-refractivity contribution in [3.63, 3.8) is 0 Å². The second-order valence-electron chi connectivity index (χ2n) is 2.01. The standard InChI is InChI=1S/C8H13Cl/c1-4-7(2)8(3)5-6-9/h4H,3,5-6H2,1-2H3/b7-4-. The summed E-state index contributed by atoms with van der Waals surface area (Å²) in [5, 5.41) is 0. The molecule has 1 heteroatoms. The van der Waals surface area contributed by atoms with E-state index in [0.717, 1.165) is 12.0 Å². The van der Waals surface area contributed by atoms with Crippen molar-refractivity contribution in [1.29, 1.82) is 0 Å². The highest BCUT2D eigenvalue weighted by Crippen LogP contribution is 2.10. The van der Waals surface area contributed by atoms with Crippen LogP contribution in [0.4, 0.5) is 0 Å². The average molecular weight is 145 g/mol. The molecule has 0 amide bonds. The second kappa shape index (κ2) is 4.63. The Kier molecular flexibility index (Phi) is 4.51. The lowest BCUT2D eigenvalue weighted by molar-refractivity contribution is 1.12. The third-order valence-corrected chi connectivity index (χ3v) is 1.58. The summed E-state index contributed by atoms with van der Waals surface area (Å²) in [5.74, 6) is 0.671. The number of rotatable bonds is 3. The van der Waals surface area contributed by atoms with Crippen molar-refractivity contribution < 1.29 is 0 Å². The first kappa shape index (κ1) is 8.77. The Labute approximate surface area is 62.2 Å². The minimum atomic E-state index is 0.671. The maximum atomic E-state index is 5.51. The van der Waals surface area contributed by atoms with E-state index in [2.05, 4.69) is 19.6 Å². The fourth-order valence-electron chi connectivity index (χ4n) is 0.515. The number of halogens is 1. The van der Waals surface area contributed by atoms with Crippen LogP contribution in [0, 0.1) is 0 Å².